The molecular formula is C9H14N2. The Balaban J connectivity index is 3.08. The monoisotopic (exact) mass is 150 g/mol. The van der Waals surface area contributed by atoms with Crippen LogP contribution in [0.25, 0.3) is 0 Å². The van der Waals surface area contributed by atoms with E-state index in [1.165, 1.54) is 5.56 Å². The summed E-state index contributed by atoms with van der Waals surface area (Å²) >= 11 is 0. The van der Waals surface area contributed by atoms with Crippen LogP contribution in [-0.4, -0.2) is 4.98 Å². The van der Waals surface area contributed by atoms with Gasteiger partial charge in [-0.1, -0.05) is 0 Å². The van der Waals surface area contributed by atoms with Crippen LogP contribution in [0.1, 0.15) is 29.9 Å². The second-order valence-corrected chi connectivity index (χ2v) is 3.00. The maximum Gasteiger partial charge on any atom is 0.0573 e. The molecule has 0 unspecified atom stereocenters. The van der Waals surface area contributed by atoms with E-state index in [0.29, 0.717) is 0 Å². The second-order valence-electron chi connectivity index (χ2n) is 3.00. The van der Waals surface area contributed by atoms with Crippen LogP contribution >= 0.6 is 0 Å². The van der Waals surface area contributed by atoms with E-state index in [9.17, 15) is 0 Å². The Hall–Kier alpha value is -0.890. The summed E-state index contributed by atoms with van der Waals surface area (Å²) in [6.45, 7) is 5.99. The van der Waals surface area contributed by atoms with Gasteiger partial charge in [0.25, 0.3) is 0 Å². The predicted molar refractivity (Wildman–Crippen MR) is 46.3 cm³/mol. The Kier molecular flexibility index (Phi) is 2.25. The predicted octanol–water partition coefficient (Wildman–Crippen LogP) is 1.72. The molecule has 0 saturated carbocycles. The molecule has 1 heterocycles. The molecule has 2 heteroatoms. The van der Waals surface area contributed by atoms with E-state index in [1.54, 1.807) is 0 Å². The summed E-state index contributed by atoms with van der Waals surface area (Å²) < 4.78 is 0. The average molecular weight is 150 g/mol. The third kappa shape index (κ3) is 2.02. The summed E-state index contributed by atoms with van der Waals surface area (Å²) in [7, 11) is 0. The number of aryl methyl sites for hydroxylation is 2. The molecule has 0 fully saturated rings. The highest BCUT2D eigenvalue weighted by molar-refractivity contribution is 5.20. The van der Waals surface area contributed by atoms with E-state index >= 15 is 0 Å². The molecular weight excluding hydrogens is 136 g/mol. The zero-order valence-electron chi connectivity index (χ0n) is 7.26. The molecule has 0 aromatic carbocycles. The van der Waals surface area contributed by atoms with E-state index in [2.05, 4.69) is 11.9 Å². The van der Waals surface area contributed by atoms with Crippen LogP contribution in [-0.2, 0) is 0 Å². The smallest absolute Gasteiger partial charge is 0.0573 e. The van der Waals surface area contributed by atoms with Crippen molar-refractivity contribution in [3.63, 3.8) is 0 Å². The van der Waals surface area contributed by atoms with Crippen LogP contribution in [0.2, 0.25) is 0 Å². The Morgan fingerprint density at radius 1 is 1.36 bits per heavy atom. The van der Waals surface area contributed by atoms with Crippen molar-refractivity contribution in [2.75, 3.05) is 0 Å². The fraction of sp³-hybridized carbons (Fsp3) is 0.444. The molecule has 0 amide bonds. The lowest BCUT2D eigenvalue weighted by molar-refractivity contribution is 0.773. The summed E-state index contributed by atoms with van der Waals surface area (Å²) in [4.78, 5) is 4.31. The van der Waals surface area contributed by atoms with Gasteiger partial charge in [0, 0.05) is 11.7 Å². The number of hydrogen-bond donors (Lipinski definition) is 1. The highest BCUT2D eigenvalue weighted by Gasteiger charge is 2.01. The summed E-state index contributed by atoms with van der Waals surface area (Å²) in [5.74, 6) is 0. The molecule has 0 aliphatic carbocycles. The minimum Gasteiger partial charge on any atom is -0.323 e. The molecule has 0 aliphatic rings. The molecule has 1 rings (SSSR count). The van der Waals surface area contributed by atoms with Gasteiger partial charge in [-0.3, -0.25) is 4.98 Å². The third-order valence-corrected chi connectivity index (χ3v) is 1.58. The molecule has 1 aromatic rings. The van der Waals surface area contributed by atoms with Crippen LogP contribution in [0.5, 0.6) is 0 Å². The first-order valence-electron chi connectivity index (χ1n) is 3.80. The second kappa shape index (κ2) is 3.01. The number of nitrogens with two attached hydrogens (primary N) is 1. The standard InChI is InChI=1S/C9H14N2/c1-6-4-7(2)11-9(5-6)8(3)10/h4-5,8H,10H2,1-3H3/t8-/m1/s1. The van der Waals surface area contributed by atoms with Crippen LogP contribution in [0.4, 0.5) is 0 Å². The summed E-state index contributed by atoms with van der Waals surface area (Å²) in [6.07, 6.45) is 0. The minimum absolute atomic E-state index is 0.0357. The van der Waals surface area contributed by atoms with Crippen molar-refractivity contribution in [3.8, 4) is 0 Å². The summed E-state index contributed by atoms with van der Waals surface area (Å²) in [5, 5.41) is 0. The van der Waals surface area contributed by atoms with E-state index in [0.717, 1.165) is 11.4 Å². The van der Waals surface area contributed by atoms with Crippen LogP contribution in [0.15, 0.2) is 12.1 Å². The summed E-state index contributed by atoms with van der Waals surface area (Å²) in [5.41, 5.74) is 8.93. The lowest BCUT2D eigenvalue weighted by atomic mass is 10.1. The fourth-order valence-electron chi connectivity index (χ4n) is 1.11. The topological polar surface area (TPSA) is 38.9 Å². The van der Waals surface area contributed by atoms with E-state index in [1.807, 2.05) is 26.0 Å². The molecule has 2 N–H and O–H groups in total. The lowest BCUT2D eigenvalue weighted by Crippen LogP contribution is -2.08. The number of hydrogen-bond acceptors (Lipinski definition) is 2. The molecule has 2 nitrogen and oxygen atoms in total. The highest BCUT2D eigenvalue weighted by atomic mass is 14.8. The van der Waals surface area contributed by atoms with E-state index in [4.69, 9.17) is 5.73 Å². The van der Waals surface area contributed by atoms with Gasteiger partial charge in [-0.15, -0.1) is 0 Å². The first-order chi connectivity index (χ1) is 5.09. The molecule has 1 atom stereocenters. The number of nitrogens with zero attached hydrogens (tertiary/aromatic N) is 1. The van der Waals surface area contributed by atoms with Crippen molar-refractivity contribution in [2.45, 2.75) is 26.8 Å². The van der Waals surface area contributed by atoms with Gasteiger partial charge in [-0.25, -0.2) is 0 Å². The zero-order chi connectivity index (χ0) is 8.43. The molecule has 0 radical (unpaired) electrons. The van der Waals surface area contributed by atoms with E-state index in [-0.39, 0.29) is 6.04 Å². The van der Waals surface area contributed by atoms with Gasteiger partial charge in [-0.2, -0.15) is 0 Å². The molecule has 0 saturated heterocycles. The van der Waals surface area contributed by atoms with Gasteiger partial charge in [-0.05, 0) is 38.5 Å². The molecule has 11 heavy (non-hydrogen) atoms. The van der Waals surface area contributed by atoms with Gasteiger partial charge in [0.2, 0.25) is 0 Å². The number of rotatable bonds is 1. The van der Waals surface area contributed by atoms with Crippen molar-refractivity contribution in [1.82, 2.24) is 4.98 Å². The molecule has 0 spiro atoms. The molecule has 0 bridgehead atoms. The normalized spacial score (nSPS) is 13.1. The third-order valence-electron chi connectivity index (χ3n) is 1.58. The van der Waals surface area contributed by atoms with E-state index < -0.39 is 0 Å². The lowest BCUT2D eigenvalue weighted by Gasteiger charge is -2.06. The van der Waals surface area contributed by atoms with Crippen LogP contribution < -0.4 is 5.73 Å². The van der Waals surface area contributed by atoms with Crippen molar-refractivity contribution in [2.24, 2.45) is 5.73 Å². The van der Waals surface area contributed by atoms with Gasteiger partial charge < -0.3 is 5.73 Å². The molecule has 1 aromatic heterocycles. The highest BCUT2D eigenvalue weighted by Crippen LogP contribution is 2.09. The number of aromatic nitrogens is 1. The Morgan fingerprint density at radius 2 is 2.00 bits per heavy atom. The summed E-state index contributed by atoms with van der Waals surface area (Å²) in [6, 6.07) is 4.11. The Morgan fingerprint density at radius 3 is 2.45 bits per heavy atom. The van der Waals surface area contributed by atoms with Crippen LogP contribution in [0, 0.1) is 13.8 Å². The van der Waals surface area contributed by atoms with Gasteiger partial charge in [0.05, 0.1) is 5.69 Å². The molecule has 0 aliphatic heterocycles. The van der Waals surface area contributed by atoms with Gasteiger partial charge >= 0.3 is 0 Å². The minimum atomic E-state index is 0.0357. The molecule has 60 valence electrons. The average Bonchev–Trinajstić information content (AvgIpc) is 1.85. The van der Waals surface area contributed by atoms with Crippen molar-refractivity contribution in [3.05, 3.63) is 29.1 Å². The maximum absolute atomic E-state index is 5.69. The van der Waals surface area contributed by atoms with Gasteiger partial charge in [0.15, 0.2) is 0 Å². The zero-order valence-corrected chi connectivity index (χ0v) is 7.26. The van der Waals surface area contributed by atoms with Crippen LogP contribution in [0.3, 0.4) is 0 Å². The maximum atomic E-state index is 5.69. The Labute approximate surface area is 67.5 Å². The largest absolute Gasteiger partial charge is 0.323 e. The van der Waals surface area contributed by atoms with Gasteiger partial charge in [0.1, 0.15) is 0 Å². The first kappa shape index (κ1) is 8.21. The fourth-order valence-corrected chi connectivity index (χ4v) is 1.11. The van der Waals surface area contributed by atoms with Crippen molar-refractivity contribution >= 4 is 0 Å². The number of pyridine rings is 1. The first-order valence-corrected chi connectivity index (χ1v) is 3.80. The van der Waals surface area contributed by atoms with Crippen molar-refractivity contribution in [1.29, 1.82) is 0 Å². The van der Waals surface area contributed by atoms with Crippen molar-refractivity contribution < 1.29 is 0 Å². The quantitative estimate of drug-likeness (QED) is 0.662. The Bertz CT molecular complexity index is 233. The SMILES string of the molecule is Cc1cc(C)nc([C@@H](C)N)c1.